The summed E-state index contributed by atoms with van der Waals surface area (Å²) in [5, 5.41) is 9.27. The van der Waals surface area contributed by atoms with E-state index >= 15 is 0 Å². The van der Waals surface area contributed by atoms with Gasteiger partial charge in [-0.3, -0.25) is 70.1 Å². The monoisotopic (exact) mass is 1620 g/mol. The summed E-state index contributed by atoms with van der Waals surface area (Å²) >= 11 is 16.3. The van der Waals surface area contributed by atoms with Crippen LogP contribution in [0.15, 0.2) is 117 Å². The van der Waals surface area contributed by atoms with Crippen molar-refractivity contribution in [3.8, 4) is 0 Å². The molecule has 0 aliphatic heterocycles. The molecular weight excluding hydrogens is 1530 g/mol. The molecule has 0 aliphatic rings. The summed E-state index contributed by atoms with van der Waals surface area (Å²) in [6.45, 7) is 2.93. The molecule has 0 saturated carbocycles. The second-order valence-electron chi connectivity index (χ2n) is 21.3. The normalized spacial score (nSPS) is 10.5. The Balaban J connectivity index is 0.000000414. The standard InChI is InChI=1S/2C13H16N6O2.C10H13ClN4O2.C10H13IN4O2.C7H8N4O2.C3H6BrCl.CH3O.3CH4.Na/c2*1-16-9-15-11-10(16)12(20)19(13(21)17(11)2)6-3-5-18-7-4-14-8-18;2*1-13-6-12-8-7(13)9(16)15(5-3-4-11)10(17)14(8)2;1-10-3-8-5-4(10)6(12)9-7(13)11(5)2;4-2-1-3-5;1-2;;;;/h2*4,7-9H,3,5-6H2,1-2H3;2*6H,3-5H2,1-2H3;3H,1-2H3,(H,9,12,13);1-3H2;1H3;3*1H4;/q;;;;;;-1;;;;+1. The third-order valence-electron chi connectivity index (χ3n) is 14.8. The predicted molar refractivity (Wildman–Crippen MR) is 395 cm³/mol. The summed E-state index contributed by atoms with van der Waals surface area (Å²) in [7, 11) is 17.5. The first-order chi connectivity index (χ1) is 45.9. The summed E-state index contributed by atoms with van der Waals surface area (Å²) in [4.78, 5) is 150. The molecule has 100 heavy (non-hydrogen) atoms. The molecule has 12 aromatic rings. The van der Waals surface area contributed by atoms with E-state index in [0.717, 1.165) is 35.6 Å². The Bertz CT molecular complexity index is 4980. The molecule has 0 radical (unpaired) electrons. The van der Waals surface area contributed by atoms with Crippen LogP contribution in [0, 0.1) is 0 Å². The maximum Gasteiger partial charge on any atom is 1.00 e. The largest absolute Gasteiger partial charge is 1.00 e. The number of rotatable bonds is 16. The Morgan fingerprint density at radius 3 is 0.950 bits per heavy atom. The molecule has 12 aromatic heterocycles. The molecule has 0 spiro atoms. The Morgan fingerprint density at radius 1 is 0.410 bits per heavy atom. The minimum atomic E-state index is -0.448. The summed E-state index contributed by atoms with van der Waals surface area (Å²) < 4.78 is 24.8. The molecule has 12 rings (SSSR count). The second kappa shape index (κ2) is 41.0. The van der Waals surface area contributed by atoms with Crippen LogP contribution in [-0.4, -0.2) is 142 Å². The van der Waals surface area contributed by atoms with E-state index in [0.29, 0.717) is 120 Å². The maximum atomic E-state index is 12.4. The summed E-state index contributed by atoms with van der Waals surface area (Å²) in [5.41, 5.74) is 0.938. The van der Waals surface area contributed by atoms with E-state index in [1.54, 1.807) is 137 Å². The van der Waals surface area contributed by atoms with Crippen molar-refractivity contribution >= 4 is 118 Å². The topological polar surface area (TPSA) is 379 Å². The van der Waals surface area contributed by atoms with Gasteiger partial charge in [0, 0.05) is 156 Å². The van der Waals surface area contributed by atoms with Gasteiger partial charge in [-0.25, -0.2) is 58.9 Å². The number of aryl methyl sites for hydroxylation is 12. The molecule has 40 heteroatoms. The Kier molecular flexibility index (Phi) is 36.1. The van der Waals surface area contributed by atoms with Gasteiger partial charge in [0.2, 0.25) is 0 Å². The number of H-pyrrole nitrogens is 1. The summed E-state index contributed by atoms with van der Waals surface area (Å²) in [6.07, 6.45) is 22.0. The zero-order chi connectivity index (χ0) is 70.8. The molecule has 542 valence electrons. The van der Waals surface area contributed by atoms with E-state index < -0.39 is 11.2 Å². The third kappa shape index (κ3) is 19.9. The van der Waals surface area contributed by atoms with E-state index in [1.165, 1.54) is 53.8 Å². The number of hydrogen-bond acceptors (Lipinski definition) is 18. The molecule has 0 bridgehead atoms. The Hall–Kier alpha value is -8.08. The van der Waals surface area contributed by atoms with E-state index in [-0.39, 0.29) is 96.8 Å². The van der Waals surface area contributed by atoms with Crippen molar-refractivity contribution in [2.24, 2.45) is 70.5 Å². The van der Waals surface area contributed by atoms with E-state index in [4.69, 9.17) is 28.3 Å². The number of imidazole rings is 7. The van der Waals surface area contributed by atoms with E-state index in [1.807, 2.05) is 21.5 Å². The number of aromatic nitrogens is 24. The van der Waals surface area contributed by atoms with Crippen molar-refractivity contribution in [2.75, 3.05) is 28.6 Å². The van der Waals surface area contributed by atoms with Crippen LogP contribution in [0.25, 0.3) is 55.8 Å². The van der Waals surface area contributed by atoms with Crippen LogP contribution in [0.4, 0.5) is 0 Å². The fourth-order valence-electron chi connectivity index (χ4n) is 9.78. The fourth-order valence-corrected chi connectivity index (χ4v) is 11.0. The van der Waals surface area contributed by atoms with Crippen molar-refractivity contribution < 1.29 is 34.7 Å². The zero-order valence-electron chi connectivity index (χ0n) is 55.7. The van der Waals surface area contributed by atoms with Gasteiger partial charge in [0.05, 0.1) is 44.3 Å². The van der Waals surface area contributed by atoms with Crippen LogP contribution in [0.1, 0.15) is 54.4 Å². The summed E-state index contributed by atoms with van der Waals surface area (Å²) in [5.74, 6) is 1.18. The number of nitrogens with one attached hydrogen (secondary N) is 1. The van der Waals surface area contributed by atoms with Gasteiger partial charge < -0.3 is 37.1 Å². The van der Waals surface area contributed by atoms with Crippen LogP contribution in [0.5, 0.6) is 0 Å². The first-order valence-corrected chi connectivity index (χ1v) is 33.2. The second-order valence-corrected chi connectivity index (χ2v) is 23.9. The first kappa shape index (κ1) is 88.0. The van der Waals surface area contributed by atoms with E-state index in [9.17, 15) is 47.9 Å². The van der Waals surface area contributed by atoms with Gasteiger partial charge in [-0.15, -0.1) is 23.2 Å². The zero-order valence-corrected chi connectivity index (χ0v) is 63.0. The van der Waals surface area contributed by atoms with Gasteiger partial charge in [0.15, 0.2) is 55.8 Å². The molecule has 0 amide bonds. The van der Waals surface area contributed by atoms with Gasteiger partial charge in [-0.1, -0.05) is 60.8 Å². The number of hydrogen-bond donors (Lipinski definition) is 1. The predicted octanol–water partition coefficient (Wildman–Crippen LogP) is -1.38. The van der Waals surface area contributed by atoms with Gasteiger partial charge in [-0.2, -0.15) is 7.11 Å². The smallest absolute Gasteiger partial charge is 0.857 e. The van der Waals surface area contributed by atoms with E-state index in [2.05, 4.69) is 78.4 Å². The van der Waals surface area contributed by atoms with Crippen LogP contribution < -0.4 is 90.9 Å². The summed E-state index contributed by atoms with van der Waals surface area (Å²) in [6, 6.07) is 0. The molecule has 12 heterocycles. The molecule has 0 saturated heterocycles. The van der Waals surface area contributed by atoms with Crippen LogP contribution in [0.3, 0.4) is 0 Å². The molecule has 0 aliphatic carbocycles. The van der Waals surface area contributed by atoms with Crippen molar-refractivity contribution in [1.82, 2.24) is 113 Å². The van der Waals surface area contributed by atoms with Crippen molar-refractivity contribution in [3.05, 3.63) is 173 Å². The van der Waals surface area contributed by atoms with Gasteiger partial charge in [0.25, 0.3) is 27.8 Å². The number of halogens is 4. The fraction of sp³-hybridized carbons (Fsp3) is 0.483. The maximum absolute atomic E-state index is 12.4. The molecule has 35 nitrogen and oxygen atoms in total. The number of fused-ring (bicyclic) bond motifs is 5. The average molecular weight is 1620 g/mol. The average Bonchev–Trinajstić information content (AvgIpc) is 1.57. The Labute approximate surface area is 626 Å². The van der Waals surface area contributed by atoms with Gasteiger partial charge >= 0.3 is 58.0 Å². The SMILES string of the molecule is C.C.C.C[O-].ClCCCBr.Cn1cnc2c1c(=O)[nH]c(=O)n2C.Cn1cnc2c1c(=O)n(CCCCl)c(=O)n2C.Cn1cnc2c1c(=O)n(CCCI)c(=O)n2C.Cn1cnc2c1c(=O)n(CCCn1ccnc1)c(=O)n2C.Cn1cnc2c1c(=O)n(CCCn1ccnc1)c(=O)n2C.[Na+]. The molecule has 1 N–H and O–H groups in total. The molecular formula is C60H87BrCl2IN24NaO11. The van der Waals surface area contributed by atoms with Gasteiger partial charge in [-0.05, 0) is 32.1 Å². The quantitative estimate of drug-likeness (QED) is 0.0662. The molecule has 0 atom stereocenters. The number of alkyl halides is 4. The first-order valence-electron chi connectivity index (χ1n) is 29.5. The Morgan fingerprint density at radius 2 is 0.690 bits per heavy atom. The number of nitrogens with zero attached hydrogens (tertiary/aromatic N) is 23. The molecule has 0 aromatic carbocycles. The van der Waals surface area contributed by atoms with Crippen LogP contribution >= 0.6 is 61.7 Å². The van der Waals surface area contributed by atoms with Crippen molar-refractivity contribution in [3.63, 3.8) is 0 Å². The molecule has 0 fully saturated rings. The third-order valence-corrected chi connectivity index (χ3v) is 16.7. The van der Waals surface area contributed by atoms with Crippen molar-refractivity contribution in [1.29, 1.82) is 0 Å². The number of aromatic amines is 1. The minimum absolute atomic E-state index is 0. The molecule has 0 unspecified atom stereocenters. The minimum Gasteiger partial charge on any atom is -0.857 e. The van der Waals surface area contributed by atoms with Gasteiger partial charge in [0.1, 0.15) is 0 Å². The van der Waals surface area contributed by atoms with Crippen LogP contribution in [0.2, 0.25) is 0 Å². The van der Waals surface area contributed by atoms with Crippen molar-refractivity contribution in [2.45, 2.75) is 93.7 Å². The van der Waals surface area contributed by atoms with Crippen LogP contribution in [-0.2, 0) is 110 Å².